The van der Waals surface area contributed by atoms with E-state index in [4.69, 9.17) is 5.73 Å². The summed E-state index contributed by atoms with van der Waals surface area (Å²) in [5.41, 5.74) is 9.13. The number of nitrogens with zero attached hydrogens (tertiary/aromatic N) is 4. The van der Waals surface area contributed by atoms with Gasteiger partial charge in [-0.25, -0.2) is 0 Å². The molecule has 14 heteroatoms. The summed E-state index contributed by atoms with van der Waals surface area (Å²) in [5, 5.41) is 29.6. The molecule has 2 aromatic carbocycles. The number of anilines is 2. The van der Waals surface area contributed by atoms with Gasteiger partial charge in [0.05, 0.1) is 37.7 Å². The van der Waals surface area contributed by atoms with E-state index in [0.29, 0.717) is 23.6 Å². The number of allylic oxidation sites excluding steroid dienone is 2. The molecule has 0 saturated carbocycles. The molecule has 7 N–H and O–H groups in total. The van der Waals surface area contributed by atoms with E-state index >= 15 is 0 Å². The van der Waals surface area contributed by atoms with Crippen LogP contribution in [0.4, 0.5) is 11.5 Å². The molecule has 2 aliphatic heterocycles. The predicted octanol–water partition coefficient (Wildman–Crippen LogP) is 3.43. The molecular weight excluding hydrogens is 686 g/mol. The van der Waals surface area contributed by atoms with Gasteiger partial charge in [0, 0.05) is 31.1 Å². The molecule has 2 unspecified atom stereocenters. The highest BCUT2D eigenvalue weighted by Crippen LogP contribution is 2.40. The second-order valence-electron chi connectivity index (χ2n) is 12.0. The third kappa shape index (κ3) is 13.7. The topological polar surface area (TPSA) is 195 Å². The fraction of sp³-hybridized carbons (Fsp3) is 0.400. The molecular formula is C40H57N9O5. The molecule has 1 aromatic heterocycles. The Labute approximate surface area is 319 Å². The largest absolute Gasteiger partial charge is 0.507 e. The molecule has 0 bridgehead atoms. The van der Waals surface area contributed by atoms with E-state index in [2.05, 4.69) is 49.5 Å². The zero-order chi connectivity index (χ0) is 40.0. The lowest BCUT2D eigenvalue weighted by atomic mass is 10.1. The molecule has 1 saturated heterocycles. The summed E-state index contributed by atoms with van der Waals surface area (Å²) in [7, 11) is 0. The van der Waals surface area contributed by atoms with Crippen molar-refractivity contribution in [2.24, 2.45) is 5.73 Å². The van der Waals surface area contributed by atoms with Crippen LogP contribution < -0.4 is 36.8 Å². The third-order valence-corrected chi connectivity index (χ3v) is 8.16. The first kappa shape index (κ1) is 44.4. The monoisotopic (exact) mass is 743 g/mol. The number of benzene rings is 2. The quantitative estimate of drug-likeness (QED) is 0.141. The highest BCUT2D eigenvalue weighted by Gasteiger charge is 2.36. The number of carbonyl (C=O) groups is 4. The van der Waals surface area contributed by atoms with Gasteiger partial charge in [-0.1, -0.05) is 95.0 Å². The second kappa shape index (κ2) is 23.7. The van der Waals surface area contributed by atoms with Crippen LogP contribution in [0.1, 0.15) is 53.0 Å². The van der Waals surface area contributed by atoms with Gasteiger partial charge in [0.1, 0.15) is 11.8 Å². The summed E-state index contributed by atoms with van der Waals surface area (Å²) in [5.74, 6) is -1.27. The Bertz CT molecular complexity index is 1690. The van der Waals surface area contributed by atoms with Crippen LogP contribution in [0.5, 0.6) is 5.75 Å². The number of amides is 4. The molecule has 0 aliphatic carbocycles. The van der Waals surface area contributed by atoms with E-state index in [9.17, 15) is 24.3 Å². The molecule has 0 spiro atoms. The molecule has 3 aromatic rings. The Morgan fingerprint density at radius 3 is 2.24 bits per heavy atom. The lowest BCUT2D eigenvalue weighted by Crippen LogP contribution is -2.53. The molecule has 54 heavy (non-hydrogen) atoms. The van der Waals surface area contributed by atoms with Crippen LogP contribution in [0.25, 0.3) is 11.3 Å². The van der Waals surface area contributed by atoms with Crippen LogP contribution in [0, 0.1) is 0 Å². The predicted molar refractivity (Wildman–Crippen MR) is 215 cm³/mol. The molecule has 3 heterocycles. The van der Waals surface area contributed by atoms with Crippen molar-refractivity contribution in [1.82, 2.24) is 31.5 Å². The van der Waals surface area contributed by atoms with Crippen molar-refractivity contribution in [1.29, 1.82) is 0 Å². The summed E-state index contributed by atoms with van der Waals surface area (Å²) < 4.78 is 0. The van der Waals surface area contributed by atoms with Crippen LogP contribution in [0.3, 0.4) is 0 Å². The number of fused-ring (bicyclic) bond motifs is 3. The van der Waals surface area contributed by atoms with E-state index in [1.54, 1.807) is 24.3 Å². The number of hydrogen-bond acceptors (Lipinski definition) is 10. The number of para-hydroxylation sites is 1. The van der Waals surface area contributed by atoms with Crippen LogP contribution in [0.15, 0.2) is 85.5 Å². The Kier molecular flexibility index (Phi) is 19.5. The van der Waals surface area contributed by atoms with Crippen molar-refractivity contribution < 1.29 is 24.3 Å². The number of phenols is 1. The molecule has 1 fully saturated rings. The van der Waals surface area contributed by atoms with E-state index < -0.39 is 29.7 Å². The summed E-state index contributed by atoms with van der Waals surface area (Å²) >= 11 is 0. The number of phenolic OH excluding ortho intramolecular Hbond substituents is 1. The second-order valence-corrected chi connectivity index (χ2v) is 12.0. The number of carbonyl (C=O) groups excluding carboxylic acids is 4. The molecule has 292 valence electrons. The summed E-state index contributed by atoms with van der Waals surface area (Å²) in [4.78, 5) is 54.0. The number of rotatable bonds is 13. The van der Waals surface area contributed by atoms with Crippen molar-refractivity contribution >= 4 is 35.1 Å². The van der Waals surface area contributed by atoms with Crippen LogP contribution in [-0.2, 0) is 25.6 Å². The molecule has 14 nitrogen and oxygen atoms in total. The van der Waals surface area contributed by atoms with Crippen molar-refractivity contribution in [2.75, 3.05) is 49.2 Å². The number of aromatic nitrogens is 2. The average Bonchev–Trinajstić information content (AvgIpc) is 3.69. The minimum absolute atomic E-state index is 0.121. The number of aromatic hydroxyl groups is 1. The SMILES string of the molecule is C=CC(=C)C.CC.CC.NCC(=O)NCC(=O)NC(Cc1ccccc1)C(=O)NCC(=O)NCN1CC2CCCN2c2cc(-c3ccccc3O)nnc21. The number of nitrogens with one attached hydrogen (secondary N) is 4. The standard InChI is InChI=1S/C31H37N9O5.C5H8.2C2H6/c32-15-27(42)33-17-29(44)36-24(13-20-7-2-1-3-8-20)31(45)34-16-28(43)35-19-39-18-21-9-6-12-40(21)25-14-23(37-38-30(25)39)22-10-4-5-11-26(22)41;1-4-5(2)3;2*1-2/h1-5,7-8,10-11,14,21,24,41H,6,9,12-13,15-19,32H2,(H,33,42)(H,34,45)(H,35,43)(H,36,44);4H,1-2H2,3H3;2*1-2H3. The summed E-state index contributed by atoms with van der Waals surface area (Å²) in [6, 6.07) is 17.3. The third-order valence-electron chi connectivity index (χ3n) is 8.16. The van der Waals surface area contributed by atoms with Gasteiger partial charge in [0.2, 0.25) is 23.6 Å². The minimum atomic E-state index is -0.974. The van der Waals surface area contributed by atoms with Gasteiger partial charge in [-0.05, 0) is 43.5 Å². The van der Waals surface area contributed by atoms with Crippen molar-refractivity contribution in [3.63, 3.8) is 0 Å². The average molecular weight is 744 g/mol. The first-order chi connectivity index (χ1) is 26.1. The van der Waals surface area contributed by atoms with E-state index in [0.717, 1.165) is 36.2 Å². The number of nitrogens with two attached hydrogens (primary N) is 1. The van der Waals surface area contributed by atoms with Crippen molar-refractivity contribution in [2.45, 2.75) is 66.0 Å². The van der Waals surface area contributed by atoms with Crippen LogP contribution >= 0.6 is 0 Å². The molecule has 2 atom stereocenters. The zero-order valence-corrected chi connectivity index (χ0v) is 32.2. The molecule has 2 aliphatic rings. The lowest BCUT2D eigenvalue weighted by molar-refractivity contribution is -0.130. The highest BCUT2D eigenvalue weighted by molar-refractivity contribution is 5.92. The Hall–Kier alpha value is -5.76. The van der Waals surface area contributed by atoms with E-state index in [1.807, 2.05) is 82.0 Å². The highest BCUT2D eigenvalue weighted by atomic mass is 16.3. The maximum absolute atomic E-state index is 13.1. The van der Waals surface area contributed by atoms with Gasteiger partial charge >= 0.3 is 0 Å². The van der Waals surface area contributed by atoms with Crippen LogP contribution in [0.2, 0.25) is 0 Å². The molecule has 5 rings (SSSR count). The van der Waals surface area contributed by atoms with Gasteiger partial charge in [-0.2, -0.15) is 0 Å². The van der Waals surface area contributed by atoms with Gasteiger partial charge in [-0.15, -0.1) is 10.2 Å². The zero-order valence-electron chi connectivity index (χ0n) is 32.2. The summed E-state index contributed by atoms with van der Waals surface area (Å²) in [6.07, 6.45) is 3.94. The van der Waals surface area contributed by atoms with Crippen molar-refractivity contribution in [3.8, 4) is 17.0 Å². The Balaban J connectivity index is 0.00000102. The van der Waals surface area contributed by atoms with Gasteiger partial charge < -0.3 is 41.9 Å². The van der Waals surface area contributed by atoms with Gasteiger partial charge in [0.15, 0.2) is 5.82 Å². The van der Waals surface area contributed by atoms with Crippen molar-refractivity contribution in [3.05, 3.63) is 91.0 Å². The Morgan fingerprint density at radius 2 is 1.59 bits per heavy atom. The minimum Gasteiger partial charge on any atom is -0.507 e. The molecule has 0 radical (unpaired) electrons. The Morgan fingerprint density at radius 1 is 0.944 bits per heavy atom. The van der Waals surface area contributed by atoms with Gasteiger partial charge in [-0.3, -0.25) is 19.2 Å². The van der Waals surface area contributed by atoms with Gasteiger partial charge in [0.25, 0.3) is 0 Å². The maximum atomic E-state index is 13.1. The fourth-order valence-corrected chi connectivity index (χ4v) is 5.55. The first-order valence-corrected chi connectivity index (χ1v) is 18.4. The molecule has 4 amide bonds. The summed E-state index contributed by atoms with van der Waals surface area (Å²) in [6.45, 7) is 17.7. The van der Waals surface area contributed by atoms with E-state index in [-0.39, 0.29) is 44.5 Å². The van der Waals surface area contributed by atoms with Crippen LogP contribution in [-0.4, -0.2) is 90.4 Å². The smallest absolute Gasteiger partial charge is 0.243 e. The van der Waals surface area contributed by atoms with E-state index in [1.165, 1.54) is 0 Å². The lowest BCUT2D eigenvalue weighted by Gasteiger charge is -2.40. The first-order valence-electron chi connectivity index (χ1n) is 18.4. The fourth-order valence-electron chi connectivity index (χ4n) is 5.55. The maximum Gasteiger partial charge on any atom is 0.243 e. The normalized spacial score (nSPS) is 14.0. The number of hydrogen-bond donors (Lipinski definition) is 6.